The van der Waals surface area contributed by atoms with Crippen LogP contribution in [0.25, 0.3) is 11.1 Å². The van der Waals surface area contributed by atoms with Gasteiger partial charge in [-0.25, -0.2) is 4.39 Å². The number of H-pyrrole nitrogens is 1. The Balaban J connectivity index is 2.83. The fourth-order valence-corrected chi connectivity index (χ4v) is 3.19. The molecule has 2 rings (SSSR count). The fraction of sp³-hybridized carbons (Fsp3) is 0.0769. The van der Waals surface area contributed by atoms with Gasteiger partial charge >= 0.3 is 0 Å². The van der Waals surface area contributed by atoms with Gasteiger partial charge in [0.15, 0.2) is 0 Å². The number of rotatable bonds is 1. The summed E-state index contributed by atoms with van der Waals surface area (Å²) in [6.07, 6.45) is 0. The van der Waals surface area contributed by atoms with Crippen LogP contribution < -0.4 is 5.56 Å². The molecule has 0 unspecified atom stereocenters. The number of nitriles is 1. The van der Waals surface area contributed by atoms with Gasteiger partial charge in [-0.3, -0.25) is 4.79 Å². The molecule has 0 atom stereocenters. The van der Waals surface area contributed by atoms with Crippen LogP contribution >= 0.6 is 38.5 Å². The highest BCUT2D eigenvalue weighted by molar-refractivity contribution is 14.1. The van der Waals surface area contributed by atoms with Crippen molar-refractivity contribution >= 4 is 38.5 Å². The predicted octanol–water partition coefficient (Wildman–Crippen LogP) is 3.73. The molecule has 0 saturated carbocycles. The predicted molar refractivity (Wildman–Crippen MR) is 82.3 cm³/mol. The number of aromatic amines is 1. The van der Waals surface area contributed by atoms with Gasteiger partial charge in [-0.15, -0.1) is 0 Å². The first-order valence-electron chi connectivity index (χ1n) is 5.23. The molecule has 0 aliphatic carbocycles. The molecule has 1 N–H and O–H groups in total. The fourth-order valence-electron chi connectivity index (χ4n) is 1.74. The zero-order valence-corrected chi connectivity index (χ0v) is 13.5. The summed E-state index contributed by atoms with van der Waals surface area (Å²) in [5.74, 6) is -0.388. The Morgan fingerprint density at radius 1 is 1.37 bits per heavy atom. The Morgan fingerprint density at radius 3 is 2.68 bits per heavy atom. The van der Waals surface area contributed by atoms with E-state index in [1.165, 1.54) is 6.07 Å². The molecular weight excluding hydrogens is 426 g/mol. The largest absolute Gasteiger partial charge is 0.325 e. The van der Waals surface area contributed by atoms with E-state index in [0.29, 0.717) is 24.9 Å². The third-order valence-corrected chi connectivity index (χ3v) is 4.06. The smallest absolute Gasteiger partial charge is 0.266 e. The van der Waals surface area contributed by atoms with Crippen LogP contribution in [0.5, 0.6) is 0 Å². The third-order valence-electron chi connectivity index (χ3n) is 2.58. The van der Waals surface area contributed by atoms with Crippen molar-refractivity contribution in [3.8, 4) is 17.2 Å². The number of hydrogen-bond donors (Lipinski definition) is 1. The maximum Gasteiger partial charge on any atom is 0.266 e. The van der Waals surface area contributed by atoms with Crippen molar-refractivity contribution in [1.82, 2.24) is 4.98 Å². The Labute approximate surface area is 130 Å². The zero-order valence-electron chi connectivity index (χ0n) is 9.72. The van der Waals surface area contributed by atoms with Crippen molar-refractivity contribution in [2.45, 2.75) is 6.92 Å². The molecule has 1 heterocycles. The van der Waals surface area contributed by atoms with Crippen LogP contribution in [-0.4, -0.2) is 4.98 Å². The molecule has 1 aromatic heterocycles. The average Bonchev–Trinajstić information content (AvgIpc) is 2.33. The summed E-state index contributed by atoms with van der Waals surface area (Å²) in [5, 5.41) is 9.09. The summed E-state index contributed by atoms with van der Waals surface area (Å²) in [6.45, 7) is 1.71. The van der Waals surface area contributed by atoms with Crippen LogP contribution in [-0.2, 0) is 0 Å². The van der Waals surface area contributed by atoms with Gasteiger partial charge in [0, 0.05) is 24.9 Å². The lowest BCUT2D eigenvalue weighted by atomic mass is 10.0. The Kier molecular flexibility index (Phi) is 4.06. The molecule has 1 aromatic carbocycles. The lowest BCUT2D eigenvalue weighted by Gasteiger charge is -2.09. The van der Waals surface area contributed by atoms with Gasteiger partial charge in [-0.1, -0.05) is 15.9 Å². The molecule has 0 aliphatic heterocycles. The number of hydrogen-bond acceptors (Lipinski definition) is 2. The van der Waals surface area contributed by atoms with Gasteiger partial charge in [0.05, 0.1) is 0 Å². The third kappa shape index (κ3) is 2.72. The number of aryl methyl sites for hydroxylation is 1. The van der Waals surface area contributed by atoms with Gasteiger partial charge in [0.1, 0.15) is 17.4 Å². The van der Waals surface area contributed by atoms with Gasteiger partial charge in [-0.2, -0.15) is 5.26 Å². The van der Waals surface area contributed by atoms with Crippen LogP contribution in [0.4, 0.5) is 4.39 Å². The highest BCUT2D eigenvalue weighted by Gasteiger charge is 2.15. The summed E-state index contributed by atoms with van der Waals surface area (Å²) in [7, 11) is 0. The van der Waals surface area contributed by atoms with Crippen molar-refractivity contribution < 1.29 is 4.39 Å². The molecule has 0 saturated heterocycles. The Bertz CT molecular complexity index is 764. The summed E-state index contributed by atoms with van der Waals surface area (Å²) in [4.78, 5) is 14.3. The second-order valence-electron chi connectivity index (χ2n) is 3.93. The van der Waals surface area contributed by atoms with Gasteiger partial charge in [-0.05, 0) is 47.7 Å². The number of pyridine rings is 1. The summed E-state index contributed by atoms with van der Waals surface area (Å²) in [5.41, 5.74) is 1.04. The first kappa shape index (κ1) is 14.2. The molecule has 96 valence electrons. The second kappa shape index (κ2) is 5.43. The highest BCUT2D eigenvalue weighted by atomic mass is 127. The minimum atomic E-state index is -0.469. The van der Waals surface area contributed by atoms with Gasteiger partial charge < -0.3 is 4.98 Å². The number of aromatic nitrogens is 1. The van der Waals surface area contributed by atoms with Crippen LogP contribution in [0.3, 0.4) is 0 Å². The van der Waals surface area contributed by atoms with Crippen LogP contribution in [0.1, 0.15) is 11.3 Å². The van der Waals surface area contributed by atoms with E-state index in [1.807, 2.05) is 28.7 Å². The minimum Gasteiger partial charge on any atom is -0.325 e. The van der Waals surface area contributed by atoms with E-state index < -0.39 is 5.56 Å². The van der Waals surface area contributed by atoms with Crippen molar-refractivity contribution in [3.63, 3.8) is 0 Å². The number of nitrogens with zero attached hydrogens (tertiary/aromatic N) is 1. The van der Waals surface area contributed by atoms with Crippen LogP contribution in [0, 0.1) is 27.6 Å². The molecular formula is C13H7BrFIN2O. The number of halogens is 3. The molecule has 0 fully saturated rings. The topological polar surface area (TPSA) is 56.6 Å². The van der Waals surface area contributed by atoms with E-state index in [9.17, 15) is 9.18 Å². The lowest BCUT2D eigenvalue weighted by Crippen LogP contribution is -2.13. The monoisotopic (exact) mass is 432 g/mol. The normalized spacial score (nSPS) is 10.3. The molecule has 0 aliphatic rings. The van der Waals surface area contributed by atoms with Crippen LogP contribution in [0.15, 0.2) is 27.5 Å². The number of nitrogens with one attached hydrogen (secondary N) is 1. The Hall–Kier alpha value is -1.20. The quantitative estimate of drug-likeness (QED) is 0.551. The first-order valence-corrected chi connectivity index (χ1v) is 7.10. The Morgan fingerprint density at radius 2 is 2.05 bits per heavy atom. The summed E-state index contributed by atoms with van der Waals surface area (Å²) >= 11 is 5.22. The molecule has 0 radical (unpaired) electrons. The number of benzene rings is 1. The average molecular weight is 433 g/mol. The highest BCUT2D eigenvalue weighted by Crippen LogP contribution is 2.32. The summed E-state index contributed by atoms with van der Waals surface area (Å²) in [6, 6.07) is 6.46. The maximum atomic E-state index is 13.7. The molecule has 0 spiro atoms. The van der Waals surface area contributed by atoms with E-state index in [1.54, 1.807) is 19.1 Å². The molecule has 19 heavy (non-hydrogen) atoms. The van der Waals surface area contributed by atoms with Crippen molar-refractivity contribution in [1.29, 1.82) is 5.26 Å². The van der Waals surface area contributed by atoms with Crippen molar-refractivity contribution in [2.75, 3.05) is 0 Å². The van der Waals surface area contributed by atoms with E-state index in [-0.39, 0.29) is 11.4 Å². The van der Waals surface area contributed by atoms with Gasteiger partial charge in [0.25, 0.3) is 5.56 Å². The van der Waals surface area contributed by atoms with E-state index >= 15 is 0 Å². The van der Waals surface area contributed by atoms with Crippen molar-refractivity contribution in [2.24, 2.45) is 0 Å². The molecule has 6 heteroatoms. The zero-order chi connectivity index (χ0) is 14.2. The lowest BCUT2D eigenvalue weighted by molar-refractivity contribution is 0.620. The van der Waals surface area contributed by atoms with E-state index in [2.05, 4.69) is 20.9 Å². The molecule has 0 bridgehead atoms. The van der Waals surface area contributed by atoms with Gasteiger partial charge in [0.2, 0.25) is 0 Å². The maximum absolute atomic E-state index is 13.7. The van der Waals surface area contributed by atoms with Crippen molar-refractivity contribution in [3.05, 3.63) is 53.7 Å². The first-order chi connectivity index (χ1) is 8.93. The standard InChI is InChI=1S/C13H7BrFIN2O/c1-6-2-7(9(5-17)13(19)18-6)8-3-11(15)12(16)4-10(8)14/h2-4H,1H3,(H,18,19). The minimum absolute atomic E-state index is 0.0214. The SMILES string of the molecule is Cc1cc(-c2cc(F)c(I)cc2Br)c(C#N)c(=O)[nH]1. The van der Waals surface area contributed by atoms with Crippen LogP contribution in [0.2, 0.25) is 0 Å². The summed E-state index contributed by atoms with van der Waals surface area (Å²) < 4.78 is 14.8. The molecule has 3 nitrogen and oxygen atoms in total. The second-order valence-corrected chi connectivity index (χ2v) is 5.94. The van der Waals surface area contributed by atoms with E-state index in [4.69, 9.17) is 5.26 Å². The molecule has 2 aromatic rings. The van der Waals surface area contributed by atoms with E-state index in [0.717, 1.165) is 0 Å². The molecule has 0 amide bonds.